The second-order valence-corrected chi connectivity index (χ2v) is 6.02. The molecule has 0 aliphatic rings. The normalized spacial score (nSPS) is 11.8. The highest BCUT2D eigenvalue weighted by Gasteiger charge is 2.18. The Labute approximate surface area is 142 Å². The van der Waals surface area contributed by atoms with Gasteiger partial charge in [-0.15, -0.1) is 0 Å². The van der Waals surface area contributed by atoms with Crippen LogP contribution in [0, 0.1) is 5.92 Å². The number of primary amides is 1. The van der Waals surface area contributed by atoms with Crippen molar-refractivity contribution in [3.8, 4) is 0 Å². The lowest BCUT2D eigenvalue weighted by Gasteiger charge is -2.23. The van der Waals surface area contributed by atoms with E-state index in [2.05, 4.69) is 24.5 Å². The van der Waals surface area contributed by atoms with Crippen molar-refractivity contribution >= 4 is 11.9 Å². The average molecular weight is 325 g/mol. The van der Waals surface area contributed by atoms with Gasteiger partial charge < -0.3 is 16.4 Å². The summed E-state index contributed by atoms with van der Waals surface area (Å²) in [5.41, 5.74) is 7.59. The molecule has 4 N–H and O–H groups in total. The van der Waals surface area contributed by atoms with Gasteiger partial charge >= 0.3 is 6.03 Å². The van der Waals surface area contributed by atoms with Crippen LogP contribution in [0.1, 0.15) is 41.4 Å². The van der Waals surface area contributed by atoms with Gasteiger partial charge in [-0.3, -0.25) is 4.79 Å². The predicted octanol–water partition coefficient (Wildman–Crippen LogP) is 2.98. The topological polar surface area (TPSA) is 84.2 Å². The molecule has 0 saturated heterocycles. The molecule has 5 nitrogen and oxygen atoms in total. The minimum atomic E-state index is -0.570. The number of carbonyl (C=O) groups is 2. The monoisotopic (exact) mass is 325 g/mol. The lowest BCUT2D eigenvalue weighted by molar-refractivity contribution is 0.0925. The van der Waals surface area contributed by atoms with Gasteiger partial charge in [-0.2, -0.15) is 0 Å². The summed E-state index contributed by atoms with van der Waals surface area (Å²) in [5.74, 6) is 0.155. The first-order valence-electron chi connectivity index (χ1n) is 7.95. The summed E-state index contributed by atoms with van der Waals surface area (Å²) in [5, 5.41) is 5.61. The van der Waals surface area contributed by atoms with Gasteiger partial charge in [0, 0.05) is 12.1 Å². The standard InChI is InChI=1S/C19H23N3O2/c1-13(2)17(15-6-4-3-5-7-15)22-18(23)16-10-8-14(9-11-16)12-21-19(20)24/h3-11,13,17H,12H2,1-2H3,(H,22,23)(H3,20,21,24). The Morgan fingerprint density at radius 2 is 1.62 bits per heavy atom. The molecule has 0 radical (unpaired) electrons. The van der Waals surface area contributed by atoms with Crippen LogP contribution >= 0.6 is 0 Å². The third-order valence-corrected chi connectivity index (χ3v) is 3.79. The lowest BCUT2D eigenvalue weighted by Crippen LogP contribution is -2.31. The van der Waals surface area contributed by atoms with Crippen molar-refractivity contribution in [3.05, 3.63) is 71.3 Å². The molecule has 5 heteroatoms. The van der Waals surface area contributed by atoms with E-state index in [1.165, 1.54) is 0 Å². The van der Waals surface area contributed by atoms with E-state index >= 15 is 0 Å². The molecule has 2 aromatic rings. The van der Waals surface area contributed by atoms with Crippen molar-refractivity contribution in [3.63, 3.8) is 0 Å². The fraction of sp³-hybridized carbons (Fsp3) is 0.263. The van der Waals surface area contributed by atoms with Crippen molar-refractivity contribution < 1.29 is 9.59 Å². The first-order valence-corrected chi connectivity index (χ1v) is 7.95. The van der Waals surface area contributed by atoms with Crippen LogP contribution in [0.15, 0.2) is 54.6 Å². The van der Waals surface area contributed by atoms with E-state index in [0.717, 1.165) is 11.1 Å². The maximum absolute atomic E-state index is 12.5. The molecule has 126 valence electrons. The van der Waals surface area contributed by atoms with Gasteiger partial charge in [0.05, 0.1) is 6.04 Å². The van der Waals surface area contributed by atoms with Gasteiger partial charge in [0.15, 0.2) is 0 Å². The number of hydrogen-bond acceptors (Lipinski definition) is 2. The Kier molecular flexibility index (Phi) is 5.95. The first-order chi connectivity index (χ1) is 11.5. The fourth-order valence-corrected chi connectivity index (χ4v) is 2.48. The second kappa shape index (κ2) is 8.15. The molecule has 0 bridgehead atoms. The second-order valence-electron chi connectivity index (χ2n) is 6.02. The molecule has 0 aliphatic heterocycles. The summed E-state index contributed by atoms with van der Waals surface area (Å²) < 4.78 is 0. The van der Waals surface area contributed by atoms with E-state index in [0.29, 0.717) is 12.1 Å². The maximum Gasteiger partial charge on any atom is 0.312 e. The summed E-state index contributed by atoms with van der Waals surface area (Å²) in [6, 6.07) is 16.4. The number of urea groups is 1. The number of hydrogen-bond donors (Lipinski definition) is 3. The maximum atomic E-state index is 12.5. The molecule has 0 heterocycles. The molecule has 1 atom stereocenters. The van der Waals surface area contributed by atoms with Crippen molar-refractivity contribution in [2.24, 2.45) is 11.7 Å². The van der Waals surface area contributed by atoms with Crippen molar-refractivity contribution in [2.75, 3.05) is 0 Å². The highest BCUT2D eigenvalue weighted by molar-refractivity contribution is 5.94. The van der Waals surface area contributed by atoms with Crippen molar-refractivity contribution in [1.82, 2.24) is 10.6 Å². The molecular formula is C19H23N3O2. The number of amides is 3. The Morgan fingerprint density at radius 1 is 1.00 bits per heavy atom. The van der Waals surface area contributed by atoms with Crippen LogP contribution in [0.3, 0.4) is 0 Å². The Morgan fingerprint density at radius 3 is 2.17 bits per heavy atom. The smallest absolute Gasteiger partial charge is 0.312 e. The fourth-order valence-electron chi connectivity index (χ4n) is 2.48. The van der Waals surface area contributed by atoms with Gasteiger partial charge in [0.1, 0.15) is 0 Å². The zero-order valence-electron chi connectivity index (χ0n) is 14.0. The number of benzene rings is 2. The van der Waals surface area contributed by atoms with Crippen LogP contribution in [0.2, 0.25) is 0 Å². The molecule has 0 aliphatic carbocycles. The molecule has 0 fully saturated rings. The largest absolute Gasteiger partial charge is 0.352 e. The van der Waals surface area contributed by atoms with Crippen LogP contribution < -0.4 is 16.4 Å². The Balaban J connectivity index is 2.06. The molecule has 2 rings (SSSR count). The average Bonchev–Trinajstić information content (AvgIpc) is 2.58. The van der Waals surface area contributed by atoms with Crippen LogP contribution in [0.25, 0.3) is 0 Å². The van der Waals surface area contributed by atoms with E-state index in [1.54, 1.807) is 24.3 Å². The molecule has 2 aromatic carbocycles. The summed E-state index contributed by atoms with van der Waals surface area (Å²) >= 11 is 0. The molecular weight excluding hydrogens is 302 g/mol. The highest BCUT2D eigenvalue weighted by Crippen LogP contribution is 2.22. The molecule has 0 saturated carbocycles. The minimum absolute atomic E-state index is 0.0464. The highest BCUT2D eigenvalue weighted by atomic mass is 16.2. The van der Waals surface area contributed by atoms with Crippen molar-refractivity contribution in [1.29, 1.82) is 0 Å². The van der Waals surface area contributed by atoms with Gasteiger partial charge in [0.2, 0.25) is 0 Å². The van der Waals surface area contributed by atoms with Gasteiger partial charge in [0.25, 0.3) is 5.91 Å². The van der Waals surface area contributed by atoms with Gasteiger partial charge in [-0.05, 0) is 29.2 Å². The van der Waals surface area contributed by atoms with E-state index in [1.807, 2.05) is 30.3 Å². The van der Waals surface area contributed by atoms with E-state index in [4.69, 9.17) is 5.73 Å². The van der Waals surface area contributed by atoms with Crippen LogP contribution in [0.4, 0.5) is 4.79 Å². The zero-order chi connectivity index (χ0) is 17.5. The molecule has 24 heavy (non-hydrogen) atoms. The Hall–Kier alpha value is -2.82. The van der Waals surface area contributed by atoms with Crippen LogP contribution in [0.5, 0.6) is 0 Å². The summed E-state index contributed by atoms with van der Waals surface area (Å²) in [7, 11) is 0. The molecule has 0 aromatic heterocycles. The SMILES string of the molecule is CC(C)C(NC(=O)c1ccc(CNC(N)=O)cc1)c1ccccc1. The zero-order valence-corrected chi connectivity index (χ0v) is 14.0. The van der Waals surface area contributed by atoms with E-state index in [-0.39, 0.29) is 17.9 Å². The number of nitrogens with one attached hydrogen (secondary N) is 2. The molecule has 0 spiro atoms. The minimum Gasteiger partial charge on any atom is -0.352 e. The van der Waals surface area contributed by atoms with E-state index < -0.39 is 6.03 Å². The predicted molar refractivity (Wildman–Crippen MR) is 94.4 cm³/mol. The number of rotatable bonds is 6. The first kappa shape index (κ1) is 17.5. The summed E-state index contributed by atoms with van der Waals surface area (Å²) in [6.07, 6.45) is 0. The number of nitrogens with two attached hydrogens (primary N) is 1. The lowest BCUT2D eigenvalue weighted by atomic mass is 9.95. The quantitative estimate of drug-likeness (QED) is 0.763. The van der Waals surface area contributed by atoms with Gasteiger partial charge in [-0.25, -0.2) is 4.79 Å². The van der Waals surface area contributed by atoms with Gasteiger partial charge in [-0.1, -0.05) is 56.3 Å². The summed E-state index contributed by atoms with van der Waals surface area (Å²) in [4.78, 5) is 23.2. The van der Waals surface area contributed by atoms with E-state index in [9.17, 15) is 9.59 Å². The number of carbonyl (C=O) groups excluding carboxylic acids is 2. The van der Waals surface area contributed by atoms with Crippen LogP contribution in [-0.2, 0) is 6.54 Å². The Bertz CT molecular complexity index is 682. The van der Waals surface area contributed by atoms with Crippen molar-refractivity contribution in [2.45, 2.75) is 26.4 Å². The van der Waals surface area contributed by atoms with Crippen LogP contribution in [-0.4, -0.2) is 11.9 Å². The third-order valence-electron chi connectivity index (χ3n) is 3.79. The molecule has 3 amide bonds. The third kappa shape index (κ3) is 4.84. The molecule has 1 unspecified atom stereocenters. The summed E-state index contributed by atoms with van der Waals surface area (Å²) in [6.45, 7) is 4.50.